The lowest BCUT2D eigenvalue weighted by Gasteiger charge is -2.18. The largest absolute Gasteiger partial charge is 0.475 e. The molecule has 0 spiro atoms. The van der Waals surface area contributed by atoms with Gasteiger partial charge in [0.25, 0.3) is 5.91 Å². The Labute approximate surface area is 121 Å². The normalized spacial score (nSPS) is 15.4. The van der Waals surface area contributed by atoms with Gasteiger partial charge in [0.1, 0.15) is 0 Å². The van der Waals surface area contributed by atoms with Gasteiger partial charge in [-0.2, -0.15) is 0 Å². The van der Waals surface area contributed by atoms with Crippen molar-refractivity contribution in [1.29, 1.82) is 0 Å². The molecular weight excluding hydrogens is 270 g/mol. The predicted octanol–water partition coefficient (Wildman–Crippen LogP) is 2.86. The fourth-order valence-electron chi connectivity index (χ4n) is 2.35. The molecule has 5 nitrogen and oxygen atoms in total. The van der Waals surface area contributed by atoms with Gasteiger partial charge in [-0.3, -0.25) is 4.79 Å². The van der Waals surface area contributed by atoms with Gasteiger partial charge in [0.2, 0.25) is 5.76 Å². The van der Waals surface area contributed by atoms with E-state index >= 15 is 0 Å². The summed E-state index contributed by atoms with van der Waals surface area (Å²) >= 11 is 0. The van der Waals surface area contributed by atoms with E-state index in [1.807, 2.05) is 30.3 Å². The van der Waals surface area contributed by atoms with Gasteiger partial charge in [-0.15, -0.1) is 0 Å². The highest BCUT2D eigenvalue weighted by molar-refractivity contribution is 5.93. The summed E-state index contributed by atoms with van der Waals surface area (Å²) in [5, 5.41) is 11.8. The number of carboxylic acids is 1. The Bertz CT molecular complexity index is 658. The van der Waals surface area contributed by atoms with Gasteiger partial charge in [-0.05, 0) is 36.5 Å². The van der Waals surface area contributed by atoms with E-state index < -0.39 is 5.97 Å². The van der Waals surface area contributed by atoms with Crippen LogP contribution < -0.4 is 5.32 Å². The molecule has 0 bridgehead atoms. The number of benzene rings is 1. The molecular formula is C16H15NO4. The van der Waals surface area contributed by atoms with Gasteiger partial charge in [0.15, 0.2) is 5.76 Å². The summed E-state index contributed by atoms with van der Waals surface area (Å²) in [4.78, 5) is 23.0. The number of amides is 1. The van der Waals surface area contributed by atoms with Crippen LogP contribution >= 0.6 is 0 Å². The Morgan fingerprint density at radius 1 is 1.10 bits per heavy atom. The van der Waals surface area contributed by atoms with E-state index in [-0.39, 0.29) is 23.5 Å². The Morgan fingerprint density at radius 3 is 2.33 bits per heavy atom. The highest BCUT2D eigenvalue weighted by atomic mass is 16.4. The number of carbonyl (C=O) groups excluding carboxylic acids is 1. The lowest BCUT2D eigenvalue weighted by atomic mass is 10.0. The molecule has 21 heavy (non-hydrogen) atoms. The first-order valence-corrected chi connectivity index (χ1v) is 6.84. The SMILES string of the molecule is O=C(O)c1ccc(C(=O)NC(c2ccccc2)C2CC2)o1. The fraction of sp³-hybridized carbons (Fsp3) is 0.250. The third-order valence-electron chi connectivity index (χ3n) is 3.58. The van der Waals surface area contributed by atoms with Gasteiger partial charge in [0.05, 0.1) is 6.04 Å². The van der Waals surface area contributed by atoms with Crippen molar-refractivity contribution >= 4 is 11.9 Å². The topological polar surface area (TPSA) is 79.5 Å². The van der Waals surface area contributed by atoms with Crippen molar-refractivity contribution in [1.82, 2.24) is 5.32 Å². The summed E-state index contributed by atoms with van der Waals surface area (Å²) in [6.07, 6.45) is 2.16. The Kier molecular flexibility index (Phi) is 3.48. The molecule has 1 unspecified atom stereocenters. The van der Waals surface area contributed by atoms with Crippen LogP contribution in [0.1, 0.15) is 45.6 Å². The molecule has 2 N–H and O–H groups in total. The molecule has 2 aromatic rings. The summed E-state index contributed by atoms with van der Waals surface area (Å²) in [5.74, 6) is -1.35. The average molecular weight is 285 g/mol. The maximum absolute atomic E-state index is 12.2. The van der Waals surface area contributed by atoms with Gasteiger partial charge in [0, 0.05) is 0 Å². The molecule has 0 radical (unpaired) electrons. The Hall–Kier alpha value is -2.56. The molecule has 1 aromatic carbocycles. The number of rotatable bonds is 5. The lowest BCUT2D eigenvalue weighted by molar-refractivity contribution is 0.0659. The number of nitrogens with one attached hydrogen (secondary N) is 1. The van der Waals surface area contributed by atoms with Crippen molar-refractivity contribution in [3.63, 3.8) is 0 Å². The summed E-state index contributed by atoms with van der Waals surface area (Å²) in [6.45, 7) is 0. The van der Waals surface area contributed by atoms with Gasteiger partial charge < -0.3 is 14.8 Å². The average Bonchev–Trinajstić information content (AvgIpc) is 3.20. The molecule has 1 aliphatic carbocycles. The second-order valence-electron chi connectivity index (χ2n) is 5.17. The molecule has 1 atom stereocenters. The third kappa shape index (κ3) is 2.97. The monoisotopic (exact) mass is 285 g/mol. The maximum atomic E-state index is 12.2. The van der Waals surface area contributed by atoms with Crippen LogP contribution in [0, 0.1) is 5.92 Å². The zero-order valence-corrected chi connectivity index (χ0v) is 11.3. The van der Waals surface area contributed by atoms with E-state index in [9.17, 15) is 9.59 Å². The van der Waals surface area contributed by atoms with Gasteiger partial charge in [-0.1, -0.05) is 30.3 Å². The van der Waals surface area contributed by atoms with Crippen LogP contribution in [-0.4, -0.2) is 17.0 Å². The summed E-state index contributed by atoms with van der Waals surface area (Å²) in [6, 6.07) is 12.4. The molecule has 1 aromatic heterocycles. The molecule has 108 valence electrons. The summed E-state index contributed by atoms with van der Waals surface area (Å²) in [5.41, 5.74) is 1.05. The zero-order valence-electron chi connectivity index (χ0n) is 11.3. The first kappa shape index (κ1) is 13.4. The fourth-order valence-corrected chi connectivity index (χ4v) is 2.35. The molecule has 1 fully saturated rings. The predicted molar refractivity (Wildman–Crippen MR) is 75.0 cm³/mol. The molecule has 1 amide bonds. The van der Waals surface area contributed by atoms with Crippen molar-refractivity contribution in [3.05, 3.63) is 59.5 Å². The highest BCUT2D eigenvalue weighted by Gasteiger charge is 2.34. The van der Waals surface area contributed by atoms with E-state index in [2.05, 4.69) is 5.32 Å². The van der Waals surface area contributed by atoms with E-state index in [0.29, 0.717) is 5.92 Å². The van der Waals surface area contributed by atoms with E-state index in [0.717, 1.165) is 18.4 Å². The van der Waals surface area contributed by atoms with Crippen molar-refractivity contribution in [2.45, 2.75) is 18.9 Å². The van der Waals surface area contributed by atoms with E-state index in [4.69, 9.17) is 9.52 Å². The molecule has 0 aliphatic heterocycles. The highest BCUT2D eigenvalue weighted by Crippen LogP contribution is 2.41. The first-order valence-electron chi connectivity index (χ1n) is 6.84. The van der Waals surface area contributed by atoms with Crippen LogP contribution in [0.25, 0.3) is 0 Å². The van der Waals surface area contributed by atoms with Crippen LogP contribution in [0.2, 0.25) is 0 Å². The number of aromatic carboxylic acids is 1. The summed E-state index contributed by atoms with van der Waals surface area (Å²) < 4.78 is 5.03. The number of hydrogen-bond donors (Lipinski definition) is 2. The molecule has 3 rings (SSSR count). The van der Waals surface area contributed by atoms with Gasteiger partial charge >= 0.3 is 5.97 Å². The van der Waals surface area contributed by atoms with E-state index in [1.165, 1.54) is 12.1 Å². The van der Waals surface area contributed by atoms with Gasteiger partial charge in [-0.25, -0.2) is 4.79 Å². The minimum absolute atomic E-state index is 0.0222. The Morgan fingerprint density at radius 2 is 1.76 bits per heavy atom. The number of furan rings is 1. The molecule has 0 saturated heterocycles. The van der Waals surface area contributed by atoms with Crippen molar-refractivity contribution in [2.75, 3.05) is 0 Å². The minimum Gasteiger partial charge on any atom is -0.475 e. The standard InChI is InChI=1S/C16H15NO4/c18-15(12-8-9-13(21-12)16(19)20)17-14(11-6-7-11)10-4-2-1-3-5-10/h1-5,8-9,11,14H,6-7H2,(H,17,18)(H,19,20). The number of carbonyl (C=O) groups is 2. The smallest absolute Gasteiger partial charge is 0.371 e. The van der Waals surface area contributed by atoms with Crippen LogP contribution in [0.3, 0.4) is 0 Å². The van der Waals surface area contributed by atoms with Crippen LogP contribution in [0.5, 0.6) is 0 Å². The van der Waals surface area contributed by atoms with Crippen LogP contribution in [0.4, 0.5) is 0 Å². The van der Waals surface area contributed by atoms with Crippen LogP contribution in [0.15, 0.2) is 46.9 Å². The molecule has 5 heteroatoms. The first-order chi connectivity index (χ1) is 10.1. The maximum Gasteiger partial charge on any atom is 0.371 e. The quantitative estimate of drug-likeness (QED) is 0.885. The third-order valence-corrected chi connectivity index (χ3v) is 3.58. The van der Waals surface area contributed by atoms with Crippen molar-refractivity contribution < 1.29 is 19.1 Å². The minimum atomic E-state index is -1.18. The van der Waals surface area contributed by atoms with Crippen molar-refractivity contribution in [2.24, 2.45) is 5.92 Å². The summed E-state index contributed by atoms with van der Waals surface area (Å²) in [7, 11) is 0. The van der Waals surface area contributed by atoms with Crippen molar-refractivity contribution in [3.8, 4) is 0 Å². The zero-order chi connectivity index (χ0) is 14.8. The molecule has 1 heterocycles. The second-order valence-corrected chi connectivity index (χ2v) is 5.17. The molecule has 1 saturated carbocycles. The number of hydrogen-bond acceptors (Lipinski definition) is 3. The number of carboxylic acid groups (broad SMARTS) is 1. The molecule has 1 aliphatic rings. The van der Waals surface area contributed by atoms with Crippen LogP contribution in [-0.2, 0) is 0 Å². The Balaban J connectivity index is 1.76. The lowest BCUT2D eigenvalue weighted by Crippen LogP contribution is -2.29. The van der Waals surface area contributed by atoms with E-state index in [1.54, 1.807) is 0 Å². The second kappa shape index (κ2) is 5.44.